The van der Waals surface area contributed by atoms with Gasteiger partial charge in [0.25, 0.3) is 0 Å². The average Bonchev–Trinajstić information content (AvgIpc) is 3.05. The summed E-state index contributed by atoms with van der Waals surface area (Å²) >= 11 is 0. The number of nitrogens with one attached hydrogen (secondary N) is 1. The van der Waals surface area contributed by atoms with Crippen LogP contribution in [-0.4, -0.2) is 33.9 Å². The second-order valence-electron chi connectivity index (χ2n) is 4.44. The first-order valence-electron chi connectivity index (χ1n) is 6.17. The monoisotopic (exact) mass is 332 g/mol. The molecule has 0 aliphatic rings. The molecule has 0 atom stereocenters. The van der Waals surface area contributed by atoms with Crippen molar-refractivity contribution in [2.24, 2.45) is 0 Å². The van der Waals surface area contributed by atoms with E-state index >= 15 is 0 Å². The minimum Gasteiger partial charge on any atom is -0.464 e. The van der Waals surface area contributed by atoms with Crippen LogP contribution in [0.1, 0.15) is 21.9 Å². The first-order chi connectivity index (χ1) is 10.7. The van der Waals surface area contributed by atoms with Gasteiger partial charge in [0, 0.05) is 11.8 Å². The number of carbonyl (C=O) groups excluding carboxylic acids is 2. The third kappa shape index (κ3) is 3.87. The van der Waals surface area contributed by atoms with E-state index in [1.165, 1.54) is 6.92 Å². The summed E-state index contributed by atoms with van der Waals surface area (Å²) in [5.74, 6) is -1.60. The van der Waals surface area contributed by atoms with Gasteiger partial charge in [0.1, 0.15) is 6.54 Å². The lowest BCUT2D eigenvalue weighted by Gasteiger charge is -2.04. The topological polar surface area (TPSA) is 99.2 Å². The lowest BCUT2D eigenvalue weighted by molar-refractivity contribution is -0.141. The van der Waals surface area contributed by atoms with E-state index in [1.807, 2.05) is 0 Å². The Hall–Kier alpha value is -2.85. The van der Waals surface area contributed by atoms with Crippen molar-refractivity contribution in [2.45, 2.75) is 19.6 Å². The van der Waals surface area contributed by atoms with Crippen molar-refractivity contribution >= 4 is 17.8 Å². The molecule has 0 aromatic carbocycles. The molecule has 2 aromatic heterocycles. The maximum absolute atomic E-state index is 12.5. The van der Waals surface area contributed by atoms with Gasteiger partial charge >= 0.3 is 12.1 Å². The number of hydrogen-bond acceptors (Lipinski definition) is 6. The Morgan fingerprint density at radius 2 is 2.09 bits per heavy atom. The summed E-state index contributed by atoms with van der Waals surface area (Å²) in [4.78, 5) is 23.0. The first-order valence-corrected chi connectivity index (χ1v) is 6.17. The molecular formula is C12H11F3N4O4. The Morgan fingerprint density at radius 1 is 1.39 bits per heavy atom. The summed E-state index contributed by atoms with van der Waals surface area (Å²) in [6.07, 6.45) is -4.59. The van der Waals surface area contributed by atoms with Crippen molar-refractivity contribution in [3.05, 3.63) is 29.2 Å². The van der Waals surface area contributed by atoms with Crippen molar-refractivity contribution in [3.8, 4) is 0 Å². The van der Waals surface area contributed by atoms with Crippen molar-refractivity contribution in [3.63, 3.8) is 0 Å². The number of anilines is 1. The van der Waals surface area contributed by atoms with Crippen LogP contribution in [0.2, 0.25) is 0 Å². The Labute approximate surface area is 127 Å². The quantitative estimate of drug-likeness (QED) is 0.854. The molecule has 2 rings (SSSR count). The number of carbonyl (C=O) groups is 2. The molecule has 1 N–H and O–H groups in total. The van der Waals surface area contributed by atoms with Gasteiger partial charge in [-0.3, -0.25) is 14.8 Å². The van der Waals surface area contributed by atoms with Gasteiger partial charge in [0.15, 0.2) is 11.4 Å². The summed E-state index contributed by atoms with van der Waals surface area (Å²) in [5, 5.41) is 8.93. The molecular weight excluding hydrogens is 321 g/mol. The number of rotatable bonds is 4. The Kier molecular flexibility index (Phi) is 4.38. The molecule has 0 spiro atoms. The summed E-state index contributed by atoms with van der Waals surface area (Å²) < 4.78 is 47.6. The number of aromatic nitrogens is 3. The molecule has 0 saturated heterocycles. The van der Waals surface area contributed by atoms with Crippen LogP contribution in [0.5, 0.6) is 0 Å². The average molecular weight is 332 g/mol. The van der Waals surface area contributed by atoms with E-state index in [4.69, 9.17) is 4.52 Å². The molecule has 124 valence electrons. The third-order valence-electron chi connectivity index (χ3n) is 2.73. The lowest BCUT2D eigenvalue weighted by Crippen LogP contribution is -2.20. The Morgan fingerprint density at radius 3 is 2.65 bits per heavy atom. The molecule has 0 radical (unpaired) electrons. The highest BCUT2D eigenvalue weighted by molar-refractivity contribution is 5.92. The van der Waals surface area contributed by atoms with E-state index in [9.17, 15) is 22.8 Å². The summed E-state index contributed by atoms with van der Waals surface area (Å²) in [6.45, 7) is 0.926. The zero-order valence-corrected chi connectivity index (χ0v) is 12.0. The predicted molar refractivity (Wildman–Crippen MR) is 68.4 cm³/mol. The van der Waals surface area contributed by atoms with Gasteiger partial charge in [0.05, 0.1) is 7.11 Å². The molecule has 1 amide bonds. The van der Waals surface area contributed by atoms with E-state index in [-0.39, 0.29) is 17.3 Å². The minimum absolute atomic E-state index is 0.142. The highest BCUT2D eigenvalue weighted by atomic mass is 19.4. The maximum Gasteiger partial charge on any atom is 0.435 e. The number of halogens is 3. The van der Waals surface area contributed by atoms with Crippen LogP contribution in [0, 0.1) is 6.92 Å². The molecule has 0 unspecified atom stereocenters. The number of alkyl halides is 3. The molecule has 0 bridgehead atoms. The van der Waals surface area contributed by atoms with Crippen molar-refractivity contribution < 1.29 is 32.0 Å². The largest absolute Gasteiger partial charge is 0.464 e. The van der Waals surface area contributed by atoms with E-state index in [1.54, 1.807) is 0 Å². The highest BCUT2D eigenvalue weighted by Gasteiger charge is 2.34. The Balaban J connectivity index is 2.04. The number of esters is 1. The highest BCUT2D eigenvalue weighted by Crippen LogP contribution is 2.28. The molecule has 8 nitrogen and oxygen atoms in total. The van der Waals surface area contributed by atoms with Crippen molar-refractivity contribution in [1.82, 2.24) is 14.9 Å². The number of hydrogen-bond donors (Lipinski definition) is 1. The summed E-state index contributed by atoms with van der Waals surface area (Å²) in [7, 11) is 1.15. The zero-order chi connectivity index (χ0) is 17.2. The molecule has 0 fully saturated rings. The number of methoxy groups -OCH3 is 1. The molecule has 2 aromatic rings. The van der Waals surface area contributed by atoms with Crippen LogP contribution in [0.25, 0.3) is 0 Å². The van der Waals surface area contributed by atoms with Crippen LogP contribution in [0.4, 0.5) is 19.1 Å². The van der Waals surface area contributed by atoms with Crippen LogP contribution >= 0.6 is 0 Å². The molecule has 0 aliphatic heterocycles. The minimum atomic E-state index is -4.59. The third-order valence-corrected chi connectivity index (χ3v) is 2.73. The number of nitrogens with zero attached hydrogens (tertiary/aromatic N) is 3. The van der Waals surface area contributed by atoms with Crippen LogP contribution in [0.3, 0.4) is 0 Å². The van der Waals surface area contributed by atoms with Gasteiger partial charge in [-0.2, -0.15) is 18.3 Å². The summed E-state index contributed by atoms with van der Waals surface area (Å²) in [5.41, 5.74) is -1.08. The molecule has 0 aliphatic carbocycles. The van der Waals surface area contributed by atoms with Crippen molar-refractivity contribution in [1.29, 1.82) is 0 Å². The van der Waals surface area contributed by atoms with Gasteiger partial charge < -0.3 is 9.26 Å². The fraction of sp³-hybridized carbons (Fsp3) is 0.333. The normalized spacial score (nSPS) is 11.3. The molecule has 23 heavy (non-hydrogen) atoms. The van der Waals surface area contributed by atoms with Crippen molar-refractivity contribution in [2.75, 3.05) is 12.4 Å². The zero-order valence-electron chi connectivity index (χ0n) is 12.0. The Bertz CT molecular complexity index is 735. The van der Waals surface area contributed by atoms with Gasteiger partial charge in [-0.05, 0) is 13.0 Å². The van der Waals surface area contributed by atoms with E-state index in [0.29, 0.717) is 0 Å². The lowest BCUT2D eigenvalue weighted by atomic mass is 10.3. The second-order valence-corrected chi connectivity index (χ2v) is 4.44. The van der Waals surface area contributed by atoms with Gasteiger partial charge in [-0.25, -0.2) is 4.79 Å². The molecule has 2 heterocycles. The number of ether oxygens (including phenoxy) is 1. The van der Waals surface area contributed by atoms with Crippen LogP contribution < -0.4 is 5.32 Å². The standard InChI is InChI=1S/C12H11F3N4O4/c1-6-3-8(12(13,14)15)17-19(6)5-9(20)16-10-4-7(18-23-10)11(21)22-2/h3-4H,5H2,1-2H3,(H,16,20). The van der Waals surface area contributed by atoms with Gasteiger partial charge in [-0.15, -0.1) is 0 Å². The maximum atomic E-state index is 12.5. The second kappa shape index (κ2) is 6.10. The number of aryl methyl sites for hydroxylation is 1. The molecule has 0 saturated carbocycles. The first kappa shape index (κ1) is 16.5. The predicted octanol–water partition coefficient (Wildman–Crippen LogP) is 1.62. The fourth-order valence-corrected chi connectivity index (χ4v) is 1.66. The smallest absolute Gasteiger partial charge is 0.435 e. The molecule has 11 heteroatoms. The van der Waals surface area contributed by atoms with E-state index in [2.05, 4.69) is 20.3 Å². The summed E-state index contributed by atoms with van der Waals surface area (Å²) in [6, 6.07) is 1.96. The van der Waals surface area contributed by atoms with Crippen LogP contribution in [0.15, 0.2) is 16.7 Å². The van der Waals surface area contributed by atoms with E-state index < -0.39 is 30.3 Å². The van der Waals surface area contributed by atoms with Crippen LogP contribution in [-0.2, 0) is 22.3 Å². The fourth-order valence-electron chi connectivity index (χ4n) is 1.66. The van der Waals surface area contributed by atoms with Gasteiger partial charge in [-0.1, -0.05) is 5.16 Å². The SMILES string of the molecule is COC(=O)c1cc(NC(=O)Cn2nc(C(F)(F)F)cc2C)on1. The number of amides is 1. The van der Waals surface area contributed by atoms with E-state index in [0.717, 1.165) is 23.9 Å². The van der Waals surface area contributed by atoms with Gasteiger partial charge in [0.2, 0.25) is 11.8 Å².